The summed E-state index contributed by atoms with van der Waals surface area (Å²) >= 11 is 0. The molecule has 17 heavy (non-hydrogen) atoms. The highest BCUT2D eigenvalue weighted by molar-refractivity contribution is 6.24. The smallest absolute Gasteiger partial charge is 0.274 e. The van der Waals surface area contributed by atoms with Crippen LogP contribution in [0.15, 0.2) is 20.2 Å². The minimum absolute atomic E-state index is 0.194. The van der Waals surface area contributed by atoms with E-state index in [4.69, 9.17) is 0 Å². The predicted octanol–water partition coefficient (Wildman–Crippen LogP) is -0.447. The number of amides is 3. The van der Waals surface area contributed by atoms with E-state index in [1.165, 1.54) is 13.8 Å². The fourth-order valence-corrected chi connectivity index (χ4v) is 1.55. The first-order chi connectivity index (χ1) is 8.00. The number of nitrogens with zero attached hydrogens (tertiary/aromatic N) is 5. The Morgan fingerprint density at radius 2 is 1.88 bits per heavy atom. The molecular formula is C9H9N5O3. The Morgan fingerprint density at radius 3 is 2.47 bits per heavy atom. The van der Waals surface area contributed by atoms with Gasteiger partial charge in [-0.3, -0.25) is 14.4 Å². The average molecular weight is 235 g/mol. The van der Waals surface area contributed by atoms with Crippen molar-refractivity contribution in [3.05, 3.63) is 0 Å². The van der Waals surface area contributed by atoms with E-state index in [2.05, 4.69) is 20.2 Å². The summed E-state index contributed by atoms with van der Waals surface area (Å²) in [4.78, 5) is 42.4. The van der Waals surface area contributed by atoms with Crippen molar-refractivity contribution >= 4 is 29.4 Å². The summed E-state index contributed by atoms with van der Waals surface area (Å²) in [6, 6.07) is -0.778. The van der Waals surface area contributed by atoms with Crippen molar-refractivity contribution < 1.29 is 14.4 Å². The number of rotatable bonds is 0. The van der Waals surface area contributed by atoms with Crippen LogP contribution in [0.25, 0.3) is 0 Å². The molecule has 0 bridgehead atoms. The second-order valence-electron chi connectivity index (χ2n) is 3.54. The first kappa shape index (κ1) is 11.2. The van der Waals surface area contributed by atoms with Gasteiger partial charge in [-0.15, -0.1) is 0 Å². The summed E-state index contributed by atoms with van der Waals surface area (Å²) in [6.07, 6.45) is 0. The van der Waals surface area contributed by atoms with E-state index in [0.29, 0.717) is 5.71 Å². The topological polar surface area (TPSA) is 104 Å². The fourth-order valence-electron chi connectivity index (χ4n) is 1.55. The third-order valence-electron chi connectivity index (χ3n) is 2.26. The zero-order valence-electron chi connectivity index (χ0n) is 9.25. The zero-order chi connectivity index (χ0) is 12.6. The molecule has 0 fully saturated rings. The number of guanidine groups is 1. The third-order valence-corrected chi connectivity index (χ3v) is 2.26. The molecule has 0 aromatic rings. The van der Waals surface area contributed by atoms with E-state index in [1.54, 1.807) is 0 Å². The maximum absolute atomic E-state index is 11.6. The zero-order valence-corrected chi connectivity index (χ0v) is 9.25. The van der Waals surface area contributed by atoms with Crippen molar-refractivity contribution in [3.63, 3.8) is 0 Å². The van der Waals surface area contributed by atoms with Gasteiger partial charge in [0.1, 0.15) is 6.54 Å². The molecule has 8 heteroatoms. The van der Waals surface area contributed by atoms with Crippen molar-refractivity contribution in [2.75, 3.05) is 6.54 Å². The lowest BCUT2D eigenvalue weighted by Gasteiger charge is -2.19. The predicted molar refractivity (Wildman–Crippen MR) is 56.6 cm³/mol. The molecule has 0 radical (unpaired) electrons. The van der Waals surface area contributed by atoms with Gasteiger partial charge in [-0.25, -0.2) is 9.89 Å². The molecule has 2 aliphatic rings. The summed E-state index contributed by atoms with van der Waals surface area (Å²) in [5, 5.41) is 7.34. The molecule has 0 saturated heterocycles. The van der Waals surface area contributed by atoms with Crippen LogP contribution in [0.3, 0.4) is 0 Å². The van der Waals surface area contributed by atoms with Crippen LogP contribution >= 0.6 is 0 Å². The van der Waals surface area contributed by atoms with Crippen LogP contribution < -0.4 is 0 Å². The molecule has 0 N–H and O–H groups in total. The van der Waals surface area contributed by atoms with E-state index in [0.717, 1.165) is 4.90 Å². The monoisotopic (exact) mass is 235 g/mol. The van der Waals surface area contributed by atoms with Gasteiger partial charge in [-0.1, -0.05) is 0 Å². The fraction of sp³-hybridized carbons (Fsp3) is 0.444. The molecule has 0 aromatic carbocycles. The Labute approximate surface area is 96.1 Å². The van der Waals surface area contributed by atoms with Crippen LogP contribution in [0.5, 0.6) is 0 Å². The van der Waals surface area contributed by atoms with Crippen molar-refractivity contribution in [1.29, 1.82) is 0 Å². The average Bonchev–Trinajstić information content (AvgIpc) is 2.64. The van der Waals surface area contributed by atoms with Crippen LogP contribution in [0.1, 0.15) is 13.8 Å². The highest BCUT2D eigenvalue weighted by atomic mass is 16.2. The lowest BCUT2D eigenvalue weighted by molar-refractivity contribution is -0.137. The van der Waals surface area contributed by atoms with Crippen LogP contribution in [0.4, 0.5) is 0 Å². The van der Waals surface area contributed by atoms with Gasteiger partial charge in [-0.2, -0.15) is 15.2 Å². The first-order valence-electron chi connectivity index (χ1n) is 4.88. The van der Waals surface area contributed by atoms with Gasteiger partial charge in [0.15, 0.2) is 6.04 Å². The van der Waals surface area contributed by atoms with Crippen molar-refractivity contribution in [3.8, 4) is 0 Å². The van der Waals surface area contributed by atoms with E-state index in [9.17, 15) is 14.4 Å². The summed E-state index contributed by atoms with van der Waals surface area (Å²) < 4.78 is 0. The Bertz CT molecular complexity index is 491. The molecule has 1 atom stereocenters. The molecule has 2 rings (SSSR count). The lowest BCUT2D eigenvalue weighted by atomic mass is 10.2. The molecule has 2 aliphatic heterocycles. The number of azo groups is 1. The molecule has 88 valence electrons. The Hall–Kier alpha value is -2.25. The molecule has 3 amide bonds. The number of fused-ring (bicyclic) bond motifs is 1. The molecule has 2 heterocycles. The van der Waals surface area contributed by atoms with Crippen LogP contribution in [-0.2, 0) is 14.4 Å². The minimum atomic E-state index is -0.778. The summed E-state index contributed by atoms with van der Waals surface area (Å²) in [5.41, 5.74) is 0.410. The maximum Gasteiger partial charge on any atom is 0.281 e. The quantitative estimate of drug-likeness (QED) is 0.568. The van der Waals surface area contributed by atoms with E-state index < -0.39 is 23.8 Å². The number of imide groups is 1. The summed E-state index contributed by atoms with van der Waals surface area (Å²) in [5.74, 6) is -1.84. The van der Waals surface area contributed by atoms with Gasteiger partial charge in [0.25, 0.3) is 5.91 Å². The van der Waals surface area contributed by atoms with Crippen LogP contribution in [-0.4, -0.2) is 46.9 Å². The number of hydrogen-bond acceptors (Lipinski definition) is 6. The van der Waals surface area contributed by atoms with Crippen molar-refractivity contribution in [1.82, 2.24) is 4.90 Å². The molecular weight excluding hydrogens is 226 g/mol. The summed E-state index contributed by atoms with van der Waals surface area (Å²) in [6.45, 7) is 2.59. The standard InChI is InChI=1S/C9H9N5O3/c1-4(15)14(5(2)16)9-11-6-3-10-13-7(6)8(17)12-9/h7H,3H2,1-2H3. The van der Waals surface area contributed by atoms with Gasteiger partial charge in [-0.05, 0) is 0 Å². The number of hydrogen-bond donors (Lipinski definition) is 0. The SMILES string of the molecule is CC(=O)N(C(C)=O)C1=NC(=O)C2N=NCC2=N1. The maximum atomic E-state index is 11.6. The Morgan fingerprint density at radius 1 is 1.24 bits per heavy atom. The van der Waals surface area contributed by atoms with Crippen LogP contribution in [0.2, 0.25) is 0 Å². The Kier molecular flexibility index (Phi) is 2.62. The first-order valence-corrected chi connectivity index (χ1v) is 4.88. The molecule has 0 spiro atoms. The Balaban J connectivity index is 2.37. The van der Waals surface area contributed by atoms with E-state index >= 15 is 0 Å². The summed E-state index contributed by atoms with van der Waals surface area (Å²) in [7, 11) is 0. The second-order valence-corrected chi connectivity index (χ2v) is 3.54. The van der Waals surface area contributed by atoms with Crippen LogP contribution in [0, 0.1) is 0 Å². The molecule has 0 aliphatic carbocycles. The van der Waals surface area contributed by atoms with Gasteiger partial charge in [0.05, 0.1) is 5.71 Å². The molecule has 0 aromatic heterocycles. The van der Waals surface area contributed by atoms with Gasteiger partial charge in [0, 0.05) is 13.8 Å². The third kappa shape index (κ3) is 1.88. The largest absolute Gasteiger partial charge is 0.281 e. The number of aliphatic imine (C=N–C) groups is 2. The van der Waals surface area contributed by atoms with Crippen molar-refractivity contribution in [2.45, 2.75) is 19.9 Å². The van der Waals surface area contributed by atoms with Crippen molar-refractivity contribution in [2.24, 2.45) is 20.2 Å². The van der Waals surface area contributed by atoms with E-state index in [-0.39, 0.29) is 12.5 Å². The normalized spacial score (nSPS) is 21.8. The van der Waals surface area contributed by atoms with Gasteiger partial charge >= 0.3 is 0 Å². The second kappa shape index (κ2) is 3.96. The van der Waals surface area contributed by atoms with Gasteiger partial charge < -0.3 is 0 Å². The minimum Gasteiger partial charge on any atom is -0.274 e. The molecule has 0 saturated carbocycles. The highest BCUT2D eigenvalue weighted by Crippen LogP contribution is 2.14. The lowest BCUT2D eigenvalue weighted by Crippen LogP contribution is -2.43. The number of carbonyl (C=O) groups excluding carboxylic acids is 3. The number of carbonyl (C=O) groups is 3. The van der Waals surface area contributed by atoms with E-state index in [1.807, 2.05) is 0 Å². The molecule has 1 unspecified atom stereocenters. The highest BCUT2D eigenvalue weighted by Gasteiger charge is 2.35. The molecule has 8 nitrogen and oxygen atoms in total. The van der Waals surface area contributed by atoms with Gasteiger partial charge in [0.2, 0.25) is 17.8 Å².